The topological polar surface area (TPSA) is 55.8 Å². The first-order valence-electron chi connectivity index (χ1n) is 5.73. The van der Waals surface area contributed by atoms with Crippen LogP contribution in [0.25, 0.3) is 0 Å². The van der Waals surface area contributed by atoms with Crippen molar-refractivity contribution < 1.29 is 18.4 Å². The lowest BCUT2D eigenvalue weighted by Crippen LogP contribution is -2.23. The van der Waals surface area contributed by atoms with Gasteiger partial charge in [-0.05, 0) is 26.0 Å². The number of hydrogen-bond donors (Lipinski definition) is 0. The molecule has 1 amide bonds. The average molecular weight is 270 g/mol. The summed E-state index contributed by atoms with van der Waals surface area (Å²) < 4.78 is 22.6. The van der Waals surface area contributed by atoms with E-state index >= 15 is 0 Å². The third-order valence-corrected chi connectivity index (χ3v) is 4.08. The van der Waals surface area contributed by atoms with E-state index in [-0.39, 0.29) is 19.5 Å². The van der Waals surface area contributed by atoms with Crippen LogP contribution in [0.4, 0.5) is 5.69 Å². The van der Waals surface area contributed by atoms with Crippen LogP contribution in [-0.2, 0) is 18.4 Å². The number of nitrogens with zero attached hydrogens (tertiary/aromatic N) is 1. The Balaban J connectivity index is 2.84. The maximum atomic E-state index is 12.3. The van der Waals surface area contributed by atoms with Crippen LogP contribution in [-0.4, -0.2) is 25.9 Å². The predicted octanol–water partition coefficient (Wildman–Crippen LogP) is 2.78. The van der Waals surface area contributed by atoms with Crippen molar-refractivity contribution in [3.63, 3.8) is 0 Å². The molecule has 6 heteroatoms. The van der Waals surface area contributed by atoms with Gasteiger partial charge < -0.3 is 9.05 Å². The van der Waals surface area contributed by atoms with Crippen LogP contribution in [0.2, 0.25) is 0 Å². The van der Waals surface area contributed by atoms with E-state index in [1.807, 2.05) is 6.07 Å². The number of amides is 1. The molecule has 0 heterocycles. The smallest absolute Gasteiger partial charge is 0.308 e. The molecule has 0 unspecified atom stereocenters. The number of benzene rings is 1. The molecule has 99 valence electrons. The van der Waals surface area contributed by atoms with Crippen LogP contribution in [0.1, 0.15) is 13.8 Å². The van der Waals surface area contributed by atoms with Crippen LogP contribution in [0.3, 0.4) is 0 Å². The van der Waals surface area contributed by atoms with Gasteiger partial charge in [-0.3, -0.25) is 14.3 Å². The molecule has 18 heavy (non-hydrogen) atoms. The number of para-hydroxylation sites is 1. The van der Waals surface area contributed by atoms with E-state index in [0.29, 0.717) is 5.69 Å². The minimum atomic E-state index is -3.29. The number of carbonyl (C=O) groups excluding carboxylic acids is 1. The summed E-state index contributed by atoms with van der Waals surface area (Å²) in [6.07, 6.45) is 1.61. The summed E-state index contributed by atoms with van der Waals surface area (Å²) in [6.45, 7) is 3.98. The fourth-order valence-corrected chi connectivity index (χ4v) is 3.05. The first-order chi connectivity index (χ1) is 8.65. The lowest BCUT2D eigenvalue weighted by molar-refractivity contribution is 0.220. The van der Waals surface area contributed by atoms with Gasteiger partial charge in [-0.2, -0.15) is 0 Å². The molecule has 1 rings (SSSR count). The van der Waals surface area contributed by atoms with Crippen molar-refractivity contribution in [2.45, 2.75) is 13.8 Å². The summed E-state index contributed by atoms with van der Waals surface area (Å²) in [4.78, 5) is 12.2. The van der Waals surface area contributed by atoms with Crippen LogP contribution < -0.4 is 4.90 Å². The zero-order chi connectivity index (χ0) is 13.4. The molecule has 1 radical (unpaired) electrons. The van der Waals surface area contributed by atoms with Gasteiger partial charge in [0.25, 0.3) is 0 Å². The molecule has 0 saturated heterocycles. The van der Waals surface area contributed by atoms with Gasteiger partial charge in [0, 0.05) is 5.69 Å². The highest BCUT2D eigenvalue weighted by atomic mass is 31.2. The Morgan fingerprint density at radius 2 is 1.72 bits per heavy atom. The van der Waals surface area contributed by atoms with Crippen molar-refractivity contribution in [1.82, 2.24) is 0 Å². The van der Waals surface area contributed by atoms with Crippen LogP contribution in [0, 0.1) is 0 Å². The van der Waals surface area contributed by atoms with Crippen molar-refractivity contribution >= 4 is 19.7 Å². The van der Waals surface area contributed by atoms with E-state index < -0.39 is 7.60 Å². The molecule has 0 aliphatic heterocycles. The second-order valence-corrected chi connectivity index (χ2v) is 5.46. The summed E-state index contributed by atoms with van der Waals surface area (Å²) in [5.74, 6) is 0. The monoisotopic (exact) mass is 270 g/mol. The first kappa shape index (κ1) is 14.9. The summed E-state index contributed by atoms with van der Waals surface area (Å²) in [5, 5.41) is 0. The lowest BCUT2D eigenvalue weighted by Gasteiger charge is -2.23. The molecule has 0 fully saturated rings. The molecule has 0 aliphatic carbocycles. The van der Waals surface area contributed by atoms with Crippen molar-refractivity contribution in [2.75, 3.05) is 24.4 Å². The molecule has 0 atom stereocenters. The summed E-state index contributed by atoms with van der Waals surface area (Å²) in [7, 11) is -3.29. The normalized spacial score (nSPS) is 11.2. The fraction of sp³-hybridized carbons (Fsp3) is 0.417. The van der Waals surface area contributed by atoms with Gasteiger partial charge in [0.15, 0.2) is 0 Å². The quantitative estimate of drug-likeness (QED) is 0.538. The maximum Gasteiger partial charge on any atom is 0.350 e. The lowest BCUT2D eigenvalue weighted by atomic mass is 10.3. The van der Waals surface area contributed by atoms with Gasteiger partial charge in [-0.15, -0.1) is 0 Å². The Morgan fingerprint density at radius 3 is 2.17 bits per heavy atom. The Kier molecular flexibility index (Phi) is 6.05. The van der Waals surface area contributed by atoms with Crippen molar-refractivity contribution in [3.8, 4) is 0 Å². The average Bonchev–Trinajstić information content (AvgIpc) is 2.38. The molecule has 0 N–H and O–H groups in total. The molecule has 5 nitrogen and oxygen atoms in total. The van der Waals surface area contributed by atoms with Crippen molar-refractivity contribution in [2.24, 2.45) is 0 Å². The second kappa shape index (κ2) is 7.31. The Hall–Kier alpha value is -1.16. The minimum absolute atomic E-state index is 0.137. The van der Waals surface area contributed by atoms with E-state index in [4.69, 9.17) is 9.05 Å². The molecule has 0 saturated carbocycles. The van der Waals surface area contributed by atoms with Crippen LogP contribution in [0.15, 0.2) is 30.3 Å². The van der Waals surface area contributed by atoms with E-state index in [1.165, 1.54) is 4.90 Å². The highest BCUT2D eigenvalue weighted by Gasteiger charge is 2.27. The highest BCUT2D eigenvalue weighted by molar-refractivity contribution is 7.54. The van der Waals surface area contributed by atoms with Gasteiger partial charge in [-0.1, -0.05) is 18.2 Å². The zero-order valence-corrected chi connectivity index (χ0v) is 11.4. The SMILES string of the molecule is CCOP(=O)(CN([C]=O)c1ccccc1)OCC. The number of hydrogen-bond acceptors (Lipinski definition) is 4. The largest absolute Gasteiger partial charge is 0.350 e. The first-order valence-corrected chi connectivity index (χ1v) is 7.46. The predicted molar refractivity (Wildman–Crippen MR) is 70.3 cm³/mol. The van der Waals surface area contributed by atoms with Crippen molar-refractivity contribution in [3.05, 3.63) is 30.3 Å². The highest BCUT2D eigenvalue weighted by Crippen LogP contribution is 2.48. The fourth-order valence-electron chi connectivity index (χ4n) is 1.46. The van der Waals surface area contributed by atoms with Gasteiger partial charge in [-0.25, -0.2) is 0 Å². The van der Waals surface area contributed by atoms with E-state index in [2.05, 4.69) is 0 Å². The van der Waals surface area contributed by atoms with Crippen LogP contribution >= 0.6 is 7.60 Å². The zero-order valence-electron chi connectivity index (χ0n) is 10.5. The number of rotatable bonds is 8. The van der Waals surface area contributed by atoms with Gasteiger partial charge in [0.05, 0.1) is 13.2 Å². The standard InChI is InChI=1S/C12H17NO4P/c1-3-16-18(15,17-4-2)11-13(10-14)12-8-6-5-7-9-12/h5-9H,3-4,11H2,1-2H3. The molecule has 0 spiro atoms. The molecule has 0 aromatic heterocycles. The van der Waals surface area contributed by atoms with Gasteiger partial charge in [0.1, 0.15) is 6.29 Å². The summed E-state index contributed by atoms with van der Waals surface area (Å²) in [6, 6.07) is 8.86. The van der Waals surface area contributed by atoms with E-state index in [1.54, 1.807) is 44.5 Å². The molecule has 1 aromatic rings. The molecule has 0 bridgehead atoms. The molecule has 0 aliphatic rings. The van der Waals surface area contributed by atoms with E-state index in [0.717, 1.165) is 0 Å². The third-order valence-electron chi connectivity index (χ3n) is 2.14. The summed E-state index contributed by atoms with van der Waals surface area (Å²) in [5.41, 5.74) is 0.604. The Labute approximate surface area is 107 Å². The molecule has 1 aromatic carbocycles. The number of anilines is 1. The Morgan fingerprint density at radius 1 is 1.17 bits per heavy atom. The van der Waals surface area contributed by atoms with E-state index in [9.17, 15) is 9.36 Å². The van der Waals surface area contributed by atoms with Crippen LogP contribution in [0.5, 0.6) is 0 Å². The van der Waals surface area contributed by atoms with Gasteiger partial charge in [0.2, 0.25) is 0 Å². The second-order valence-electron chi connectivity index (χ2n) is 3.44. The maximum absolute atomic E-state index is 12.3. The Bertz CT molecular complexity index is 400. The molecular formula is C12H17NO4P. The third kappa shape index (κ3) is 4.26. The minimum Gasteiger partial charge on any atom is -0.308 e. The van der Waals surface area contributed by atoms with Gasteiger partial charge >= 0.3 is 14.0 Å². The molecular weight excluding hydrogens is 253 g/mol. The summed E-state index contributed by atoms with van der Waals surface area (Å²) >= 11 is 0. The van der Waals surface area contributed by atoms with Crippen molar-refractivity contribution in [1.29, 1.82) is 0 Å².